The van der Waals surface area contributed by atoms with E-state index in [2.05, 4.69) is 43.3 Å². The number of rotatable bonds is 10. The highest BCUT2D eigenvalue weighted by Gasteiger charge is 2.63. The number of fused-ring (bicyclic) bond motifs is 7. The average molecular weight is 2120 g/mol. The van der Waals surface area contributed by atoms with Gasteiger partial charge >= 0.3 is 0 Å². The number of hydrogen-bond acceptors (Lipinski definition) is 27. The molecule has 135 heavy (non-hydrogen) atoms. The Kier molecular flexibility index (Phi) is 40.3. The van der Waals surface area contributed by atoms with Crippen LogP contribution in [0.2, 0.25) is 0 Å². The van der Waals surface area contributed by atoms with Gasteiger partial charge in [0.2, 0.25) is 41.4 Å². The van der Waals surface area contributed by atoms with Gasteiger partial charge in [-0.25, -0.2) is 4.39 Å². The molecule has 0 spiro atoms. The van der Waals surface area contributed by atoms with Crippen molar-refractivity contribution >= 4 is 211 Å². The molecule has 16 aliphatic rings. The van der Waals surface area contributed by atoms with Crippen molar-refractivity contribution in [3.05, 3.63) is 179 Å². The van der Waals surface area contributed by atoms with Crippen LogP contribution in [0.3, 0.4) is 0 Å². The molecule has 14 aliphatic heterocycles. The number of hydrogen-bond donors (Lipinski definition) is 7. The summed E-state index contributed by atoms with van der Waals surface area (Å²) in [4.78, 5) is 99.8. The second-order valence-electron chi connectivity index (χ2n) is 36.3. The molecule has 21 atom stereocenters. The van der Waals surface area contributed by atoms with Crippen molar-refractivity contribution in [1.29, 1.82) is 31.6 Å². The Morgan fingerprint density at radius 2 is 0.585 bits per heavy atom. The lowest BCUT2D eigenvalue weighted by Gasteiger charge is -2.30. The Morgan fingerprint density at radius 1 is 0.319 bits per heavy atom. The minimum atomic E-state index is -1.14. The molecule has 0 aromatic heterocycles. The van der Waals surface area contributed by atoms with E-state index >= 15 is 0 Å². The minimum Gasteiger partial charge on any atom is -0.325 e. The number of carbonyl (C=O) groups is 7. The predicted molar refractivity (Wildman–Crippen MR) is 549 cm³/mol. The van der Waals surface area contributed by atoms with Crippen LogP contribution >= 0.6 is 169 Å². The van der Waals surface area contributed by atoms with E-state index in [0.29, 0.717) is 85.0 Å². The molecular weight excluding hydrogens is 2000 g/mol. The summed E-state index contributed by atoms with van der Waals surface area (Å²) in [6.45, 7) is 2.10. The van der Waals surface area contributed by atoms with Crippen molar-refractivity contribution in [3.8, 4) is 36.4 Å². The Balaban J connectivity index is 0.000000192. The van der Waals surface area contributed by atoms with E-state index < -0.39 is 44.8 Å². The number of nitrogens with zero attached hydrogens (tertiary/aromatic N) is 13. The topological polar surface area (TPSA) is 467 Å². The summed E-state index contributed by atoms with van der Waals surface area (Å²) in [5.74, 6) is 5.48. The van der Waals surface area contributed by atoms with Crippen molar-refractivity contribution in [3.63, 3.8) is 0 Å². The molecule has 0 bridgehead atoms. The number of nitrogens with two attached hydrogens (primary N) is 7. The molecule has 2 aliphatic carbocycles. The summed E-state index contributed by atoms with van der Waals surface area (Å²) in [6, 6.07) is 56.1. The van der Waals surface area contributed by atoms with Gasteiger partial charge in [-0.2, -0.15) is 31.6 Å². The summed E-state index contributed by atoms with van der Waals surface area (Å²) < 4.78 is 13.0. The highest BCUT2D eigenvalue weighted by Crippen LogP contribution is 2.52. The van der Waals surface area contributed by atoms with E-state index in [4.69, 9.17) is 71.7 Å². The van der Waals surface area contributed by atoms with E-state index in [9.17, 15) is 38.0 Å². The van der Waals surface area contributed by atoms with Crippen LogP contribution in [0.15, 0.2) is 146 Å². The molecule has 0 radical (unpaired) electrons. The van der Waals surface area contributed by atoms with E-state index in [1.165, 1.54) is 57.1 Å². The van der Waals surface area contributed by atoms with E-state index in [-0.39, 0.29) is 202 Å². The normalized spacial score (nSPS) is 34.0. The van der Waals surface area contributed by atoms with Gasteiger partial charge < -0.3 is 74.4 Å². The summed E-state index contributed by atoms with van der Waals surface area (Å²) in [6.07, 6.45) is 17.2. The van der Waals surface area contributed by atoms with E-state index in [1.807, 2.05) is 138 Å². The van der Waals surface area contributed by atoms with Crippen LogP contribution in [0.25, 0.3) is 0 Å². The van der Waals surface area contributed by atoms with Crippen LogP contribution in [0.5, 0.6) is 0 Å². The fourth-order valence-electron chi connectivity index (χ4n) is 21.1. The molecule has 27 nitrogen and oxygen atoms in total. The second-order valence-corrected chi connectivity index (χ2v) is 44.8. The molecule has 42 heteroatoms. The van der Waals surface area contributed by atoms with Crippen molar-refractivity contribution in [1.82, 2.24) is 34.3 Å². The summed E-state index contributed by atoms with van der Waals surface area (Å²) in [5.41, 5.74) is 42.9. The Hall–Kier alpha value is -6.54. The predicted octanol–water partition coefficient (Wildman–Crippen LogP) is 11.9. The smallest absolute Gasteiger partial charge is 0.249 e. The minimum absolute atomic E-state index is 0. The fourth-order valence-corrected chi connectivity index (χ4v) is 31.3. The van der Waals surface area contributed by atoms with E-state index in [1.54, 1.807) is 112 Å². The van der Waals surface area contributed by atoms with Crippen LogP contribution < -0.4 is 40.1 Å². The quantitative estimate of drug-likeness (QED) is 0.0683. The zero-order valence-electron chi connectivity index (χ0n) is 74.3. The SMILES string of the molecule is C[C@@H]1CS[C@H]2C[C@@](N)(c3ccccc3)C(=O)N12.Cl.Cl.Cl.Cl.Cl.Cl.Cl.N#C[C@@H]1CS[C@H]2C[C@@](N)(C3CCCC3)C(=O)N12.N#C[C@@H]1CS[C@H]2C[C@@](N)(Cc3ccccc3)C(=O)N12.N#C[C@@H]1CS[C@H]2C[C@](N)(CC3CCCCC3)C(=O)N12.N#C[C@@H]1CS[C@H]2C[C@](N)(Cc3ccccc3)C(=O)N12.N#C[C@@H]1CS[C@H]2C[C@](N)(c3ccc(F)cc3)C(=O)N12.N#C[C@@H]1CS[C@H]2C[C@](N)(c3ccccc3)C(=O)N12. The number of nitriles is 6. The molecule has 21 rings (SSSR count). The molecule has 5 aromatic rings. The first-order valence-electron chi connectivity index (χ1n) is 43.9. The lowest BCUT2D eigenvalue weighted by atomic mass is 9.79. The largest absolute Gasteiger partial charge is 0.325 e. The van der Waals surface area contributed by atoms with Gasteiger partial charge in [0, 0.05) is 91.3 Å². The summed E-state index contributed by atoms with van der Waals surface area (Å²) in [5, 5.41) is 55.2. The third-order valence-corrected chi connectivity index (χ3v) is 37.1. The second kappa shape index (κ2) is 47.8. The molecule has 0 unspecified atom stereocenters. The van der Waals surface area contributed by atoms with Gasteiger partial charge in [0.25, 0.3) is 0 Å². The molecule has 16 fully saturated rings. The third kappa shape index (κ3) is 22.7. The highest BCUT2D eigenvalue weighted by molar-refractivity contribution is 8.01. The number of benzene rings is 5. The van der Waals surface area contributed by atoms with Gasteiger partial charge in [0.05, 0.1) is 79.6 Å². The first kappa shape index (κ1) is 114. The average Bonchev–Trinajstić information content (AvgIpc) is 1.59. The maximum atomic E-state index is 13.0. The maximum Gasteiger partial charge on any atom is 0.249 e. The van der Waals surface area contributed by atoms with Gasteiger partial charge in [0.15, 0.2) is 0 Å². The van der Waals surface area contributed by atoms with Crippen LogP contribution in [0, 0.1) is 85.6 Å². The van der Waals surface area contributed by atoms with Crippen LogP contribution in [-0.2, 0) is 63.0 Å². The number of halogens is 8. The van der Waals surface area contributed by atoms with Crippen molar-refractivity contribution in [2.45, 2.75) is 248 Å². The maximum absolute atomic E-state index is 13.0. The lowest BCUT2D eigenvalue weighted by molar-refractivity contribution is -0.135. The summed E-state index contributed by atoms with van der Waals surface area (Å²) in [7, 11) is 0. The molecule has 14 N–H and O–H groups in total. The van der Waals surface area contributed by atoms with Gasteiger partial charge in [-0.1, -0.05) is 178 Å². The molecule has 7 amide bonds. The monoisotopic (exact) mass is 2110 g/mol. The van der Waals surface area contributed by atoms with Crippen molar-refractivity contribution < 1.29 is 38.0 Å². The van der Waals surface area contributed by atoms with Crippen molar-refractivity contribution in [2.24, 2.45) is 52.0 Å². The first-order chi connectivity index (χ1) is 61.4. The Labute approximate surface area is 862 Å². The molecule has 14 heterocycles. The first-order valence-corrected chi connectivity index (χ1v) is 51.2. The highest BCUT2D eigenvalue weighted by atomic mass is 35.5. The van der Waals surface area contributed by atoms with Crippen LogP contribution in [-0.4, -0.2) is 218 Å². The van der Waals surface area contributed by atoms with E-state index in [0.717, 1.165) is 78.0 Å². The molecule has 728 valence electrons. The molecular formula is C93H116Cl7FN20O7S7. The van der Waals surface area contributed by atoms with Crippen LogP contribution in [0.4, 0.5) is 4.39 Å². The Morgan fingerprint density at radius 3 is 0.926 bits per heavy atom. The van der Waals surface area contributed by atoms with Gasteiger partial charge in [-0.05, 0) is 90.8 Å². The van der Waals surface area contributed by atoms with Gasteiger partial charge in [-0.15, -0.1) is 169 Å². The lowest BCUT2D eigenvalue weighted by Crippen LogP contribution is -2.54. The number of carbonyl (C=O) groups excluding carboxylic acids is 7. The molecule has 14 saturated heterocycles. The zero-order valence-corrected chi connectivity index (χ0v) is 85.7. The molecule has 5 aromatic carbocycles. The van der Waals surface area contributed by atoms with Crippen molar-refractivity contribution in [2.75, 3.05) is 40.3 Å². The van der Waals surface area contributed by atoms with Gasteiger partial charge in [0.1, 0.15) is 75.3 Å². The Bertz CT molecular complexity index is 5160. The zero-order chi connectivity index (χ0) is 90.8. The number of thioether (sulfide) groups is 7. The molecule has 2 saturated carbocycles. The number of amides is 7. The summed E-state index contributed by atoms with van der Waals surface area (Å²) >= 11 is 11.8. The fraction of sp³-hybridized carbons (Fsp3) is 0.538. The third-order valence-electron chi connectivity index (χ3n) is 28.0. The standard InChI is InChI=1S/C14H21N3OS.2C14H15N3OS.C13H12FN3OS.C13H13N3OS.C13H16N2OS.C12H17N3OS.7ClH/c3*15-8-11-9-19-12-7-14(16,13(18)17(11)12)6-10-4-2-1-3-5-10;14-9-3-1-8(2-4-9)13(16)5-11-17(12(13)18)10(6-15)7-19-11;14-7-10-8-18-11-6-13(15,12(17)16(10)11)9-4-2-1-3-5-9;1-9-8-17-11-7-13(14,12(16)15(9)11)10-5-3-2-4-6-10;13-6-9-7-17-10-5-12(14,11(16)15(9)10)8-3-1-2-4-8;;;;;;;/h10-12H,1-7,9,16H2;2*1-5,11-12H,6-7,9,16H2;1-4,10-11H,5,7,16H2;1-5,10-11H,6,8,15H2;2-6,9,11H,7-8,14H2,1H3;8-10H,1-5,7,14H2;7*1H/t11-,12+,14-;11-,12+,14+;11-,12+,14-;2*10-,11+,13+;9-,11+,13-;9-,10+,12-;;;;;;;/m1111111......./s1. The van der Waals surface area contributed by atoms with Crippen LogP contribution in [0.1, 0.15) is 144 Å². The van der Waals surface area contributed by atoms with Gasteiger partial charge in [-0.3, -0.25) is 33.6 Å².